The Labute approximate surface area is 300 Å². The second kappa shape index (κ2) is 27.8. The van der Waals surface area contributed by atoms with Gasteiger partial charge in [0.25, 0.3) is 0 Å². The molecule has 1 fully saturated rings. The van der Waals surface area contributed by atoms with Crippen LogP contribution in [0.4, 0.5) is 4.79 Å². The van der Waals surface area contributed by atoms with Crippen LogP contribution in [-0.2, 0) is 52.4 Å². The molecule has 0 bridgehead atoms. The predicted octanol–water partition coefficient (Wildman–Crippen LogP) is -0.556. The van der Waals surface area contributed by atoms with Crippen LogP contribution in [0.25, 0.3) is 0 Å². The average molecular weight is 736 g/mol. The quantitative estimate of drug-likeness (QED) is 0.0344. The summed E-state index contributed by atoms with van der Waals surface area (Å²) in [7, 11) is 1.50. The number of primary amides is 1. The Morgan fingerprint density at radius 2 is 1.34 bits per heavy atom. The van der Waals surface area contributed by atoms with Crippen LogP contribution in [0.15, 0.2) is 0 Å². The fourth-order valence-electron chi connectivity index (χ4n) is 4.75. The molecule has 288 valence electrons. The Balaban J connectivity index is 2.00. The summed E-state index contributed by atoms with van der Waals surface area (Å²) in [5.41, 5.74) is 5.06. The number of nitrogens with zero attached hydrogens (tertiary/aromatic N) is 1. The van der Waals surface area contributed by atoms with Gasteiger partial charge in [0.2, 0.25) is 23.6 Å². The van der Waals surface area contributed by atoms with E-state index in [1.54, 1.807) is 0 Å². The summed E-state index contributed by atoms with van der Waals surface area (Å²) in [5, 5.41) is 7.24. The summed E-state index contributed by atoms with van der Waals surface area (Å²) in [4.78, 5) is 73.3. The number of urea groups is 1. The van der Waals surface area contributed by atoms with Gasteiger partial charge in [0.15, 0.2) is 5.78 Å². The molecule has 17 nitrogen and oxygen atoms in total. The molecule has 0 aromatic rings. The molecule has 6 amide bonds. The molecule has 0 aliphatic carbocycles. The van der Waals surface area contributed by atoms with Crippen LogP contribution in [0, 0.1) is 11.8 Å². The van der Waals surface area contributed by atoms with Gasteiger partial charge in [-0.1, -0.05) is 13.8 Å². The standard InChI is InChI=1S/C32H57N5O12S/c1-23(2)29(25(38)21-24(30(41)34-3)5-4-7-35-32(33)43)36-27(39)6-9-44-11-13-46-15-17-48-19-20-49-18-16-47-14-12-45-10-8-37-28(40)22-26(50)31(37)42/h23-24,26,29,50H,4-22H2,1-3H3,(H,34,41)(H,36,39)(H3,33,35,43). The lowest BCUT2D eigenvalue weighted by Crippen LogP contribution is -2.46. The number of rotatable bonds is 31. The minimum absolute atomic E-state index is 0.0358. The SMILES string of the molecule is CNC(=O)C(CCCNC(N)=O)CC(=O)C(NC(=O)CCOCCOCCOCCOCCOCCOCCN1C(=O)CC(S)C1=O)C(C)C. The molecule has 0 radical (unpaired) electrons. The highest BCUT2D eigenvalue weighted by Crippen LogP contribution is 2.18. The number of ketones is 1. The normalized spacial score (nSPS) is 15.7. The number of imide groups is 1. The number of ether oxygens (including phenoxy) is 6. The molecule has 0 aromatic heterocycles. The summed E-state index contributed by atoms with van der Waals surface area (Å²) in [6.45, 7) is 8.28. The second-order valence-electron chi connectivity index (χ2n) is 11.7. The van der Waals surface area contributed by atoms with Gasteiger partial charge < -0.3 is 50.1 Å². The van der Waals surface area contributed by atoms with Gasteiger partial charge in [-0.25, -0.2) is 4.79 Å². The number of nitrogens with two attached hydrogens (primary N) is 1. The van der Waals surface area contributed by atoms with Crippen molar-refractivity contribution in [2.24, 2.45) is 17.6 Å². The van der Waals surface area contributed by atoms with E-state index in [1.807, 2.05) is 13.8 Å². The van der Waals surface area contributed by atoms with E-state index in [4.69, 9.17) is 34.2 Å². The first-order valence-corrected chi connectivity index (χ1v) is 17.5. The summed E-state index contributed by atoms with van der Waals surface area (Å²) in [6.07, 6.45) is 1.02. The molecule has 1 aliphatic heterocycles. The van der Waals surface area contributed by atoms with E-state index in [0.717, 1.165) is 0 Å². The highest BCUT2D eigenvalue weighted by molar-refractivity contribution is 7.81. The lowest BCUT2D eigenvalue weighted by molar-refractivity contribution is -0.139. The van der Waals surface area contributed by atoms with E-state index in [0.29, 0.717) is 85.5 Å². The molecule has 18 heteroatoms. The van der Waals surface area contributed by atoms with E-state index in [-0.39, 0.29) is 74.4 Å². The Bertz CT molecular complexity index is 1040. The largest absolute Gasteiger partial charge is 0.379 e. The molecule has 5 N–H and O–H groups in total. The summed E-state index contributed by atoms with van der Waals surface area (Å²) < 4.78 is 32.6. The zero-order valence-electron chi connectivity index (χ0n) is 29.6. The fourth-order valence-corrected chi connectivity index (χ4v) is 5.04. The molecule has 0 spiro atoms. The van der Waals surface area contributed by atoms with E-state index in [9.17, 15) is 28.8 Å². The zero-order chi connectivity index (χ0) is 37.1. The monoisotopic (exact) mass is 735 g/mol. The van der Waals surface area contributed by atoms with Gasteiger partial charge >= 0.3 is 6.03 Å². The number of amides is 6. The molecule has 0 saturated carbocycles. The molecular weight excluding hydrogens is 678 g/mol. The summed E-state index contributed by atoms with van der Waals surface area (Å²) in [5.74, 6) is -2.11. The van der Waals surface area contributed by atoms with E-state index in [2.05, 4.69) is 28.6 Å². The van der Waals surface area contributed by atoms with Crippen LogP contribution >= 0.6 is 12.6 Å². The van der Waals surface area contributed by atoms with Crippen LogP contribution in [0.3, 0.4) is 0 Å². The van der Waals surface area contributed by atoms with Crippen molar-refractivity contribution in [2.45, 2.75) is 57.2 Å². The number of carbonyl (C=O) groups excluding carboxylic acids is 6. The minimum Gasteiger partial charge on any atom is -0.379 e. The van der Waals surface area contributed by atoms with Crippen molar-refractivity contribution in [1.29, 1.82) is 0 Å². The van der Waals surface area contributed by atoms with Gasteiger partial charge in [0.1, 0.15) is 0 Å². The number of hydrogen-bond acceptors (Lipinski definition) is 13. The van der Waals surface area contributed by atoms with E-state index >= 15 is 0 Å². The topological polar surface area (TPSA) is 223 Å². The number of carbonyl (C=O) groups is 6. The van der Waals surface area contributed by atoms with E-state index in [1.165, 1.54) is 11.9 Å². The first-order chi connectivity index (χ1) is 24.0. The van der Waals surface area contributed by atoms with Crippen molar-refractivity contribution < 1.29 is 57.2 Å². The smallest absolute Gasteiger partial charge is 0.312 e. The van der Waals surface area contributed by atoms with Gasteiger partial charge in [-0.3, -0.25) is 28.9 Å². The number of hydrogen-bond donors (Lipinski definition) is 5. The van der Waals surface area contributed by atoms with Gasteiger partial charge in [-0.2, -0.15) is 12.6 Å². The van der Waals surface area contributed by atoms with Crippen LogP contribution < -0.4 is 21.7 Å². The Kier molecular flexibility index (Phi) is 25.1. The zero-order valence-corrected chi connectivity index (χ0v) is 30.5. The van der Waals surface area contributed by atoms with Crippen molar-refractivity contribution in [1.82, 2.24) is 20.9 Å². The predicted molar refractivity (Wildman–Crippen MR) is 184 cm³/mol. The molecule has 3 atom stereocenters. The molecular formula is C32H57N5O12S. The van der Waals surface area contributed by atoms with Crippen molar-refractivity contribution in [2.75, 3.05) is 99.4 Å². The molecule has 1 rings (SSSR count). The first kappa shape index (κ1) is 45.2. The fraction of sp³-hybridized carbons (Fsp3) is 0.812. The lowest BCUT2D eigenvalue weighted by Gasteiger charge is -2.23. The number of thiol groups is 1. The number of Topliss-reactive ketones (excluding diaryl/α,β-unsaturated/α-hetero) is 1. The lowest BCUT2D eigenvalue weighted by atomic mass is 9.89. The van der Waals surface area contributed by atoms with Crippen molar-refractivity contribution in [3.05, 3.63) is 0 Å². The maximum atomic E-state index is 13.0. The van der Waals surface area contributed by atoms with Crippen molar-refractivity contribution in [3.8, 4) is 0 Å². The number of nitrogens with one attached hydrogen (secondary N) is 3. The minimum atomic E-state index is -0.742. The highest BCUT2D eigenvalue weighted by Gasteiger charge is 2.35. The first-order valence-electron chi connectivity index (χ1n) is 17.0. The molecule has 50 heavy (non-hydrogen) atoms. The highest BCUT2D eigenvalue weighted by atomic mass is 32.1. The van der Waals surface area contributed by atoms with Crippen LogP contribution in [-0.4, -0.2) is 151 Å². The molecule has 3 unspecified atom stereocenters. The second-order valence-corrected chi connectivity index (χ2v) is 12.4. The Morgan fingerprint density at radius 1 is 0.840 bits per heavy atom. The van der Waals surface area contributed by atoms with Crippen molar-refractivity contribution >= 4 is 48.1 Å². The maximum absolute atomic E-state index is 13.0. The third-order valence-corrected chi connectivity index (χ3v) is 7.84. The number of likely N-dealkylation sites (tertiary alicyclic amines) is 1. The van der Waals surface area contributed by atoms with Gasteiger partial charge in [-0.05, 0) is 18.8 Å². The average Bonchev–Trinajstić information content (AvgIpc) is 3.32. The van der Waals surface area contributed by atoms with E-state index < -0.39 is 23.2 Å². The third-order valence-electron chi connectivity index (χ3n) is 7.44. The van der Waals surface area contributed by atoms with Gasteiger partial charge in [0.05, 0.1) is 97.1 Å². The maximum Gasteiger partial charge on any atom is 0.312 e. The van der Waals surface area contributed by atoms with Gasteiger partial charge in [0, 0.05) is 38.8 Å². The van der Waals surface area contributed by atoms with Crippen LogP contribution in [0.1, 0.15) is 46.0 Å². The van der Waals surface area contributed by atoms with Crippen molar-refractivity contribution in [3.63, 3.8) is 0 Å². The third kappa shape index (κ3) is 20.7. The molecule has 1 aliphatic rings. The summed E-state index contributed by atoms with van der Waals surface area (Å²) >= 11 is 4.08. The molecule has 1 heterocycles. The van der Waals surface area contributed by atoms with Gasteiger partial charge in [-0.15, -0.1) is 0 Å². The van der Waals surface area contributed by atoms with Crippen LogP contribution in [0.5, 0.6) is 0 Å². The summed E-state index contributed by atoms with van der Waals surface area (Å²) in [6, 6.07) is -1.39. The Morgan fingerprint density at radius 3 is 1.78 bits per heavy atom. The van der Waals surface area contributed by atoms with Crippen LogP contribution in [0.2, 0.25) is 0 Å². The molecule has 0 aromatic carbocycles. The Hall–Kier alpha value is -2.87. The molecule has 1 saturated heterocycles.